The Bertz CT molecular complexity index is 979. The van der Waals surface area contributed by atoms with Crippen molar-refractivity contribution >= 4 is 43.0 Å². The minimum absolute atomic E-state index is 0.0900. The summed E-state index contributed by atoms with van der Waals surface area (Å²) in [5.74, 6) is 0.564. The Kier molecular flexibility index (Phi) is 5.61. The molecular weight excluding hydrogens is 420 g/mol. The third-order valence-electron chi connectivity index (χ3n) is 4.04. The third-order valence-corrected chi connectivity index (χ3v) is 9.55. The fourth-order valence-corrected chi connectivity index (χ4v) is 7.09. The Hall–Kier alpha value is -1.17. The van der Waals surface area contributed by atoms with E-state index in [0.717, 1.165) is 11.3 Å². The van der Waals surface area contributed by atoms with Crippen molar-refractivity contribution in [3.8, 4) is 5.75 Å². The molecule has 3 rings (SSSR count). The number of thiophene rings is 1. The summed E-state index contributed by atoms with van der Waals surface area (Å²) in [4.78, 5) is 0.152. The highest BCUT2D eigenvalue weighted by Crippen LogP contribution is 2.29. The topological polar surface area (TPSA) is 84.0 Å². The summed E-state index contributed by atoms with van der Waals surface area (Å²) >= 11 is 6.80. The predicted molar refractivity (Wildman–Crippen MR) is 99.8 cm³/mol. The summed E-state index contributed by atoms with van der Waals surface area (Å²) in [6, 6.07) is 9.10. The lowest BCUT2D eigenvalue weighted by atomic mass is 10.3. The molecule has 26 heavy (non-hydrogen) atoms. The Morgan fingerprint density at radius 3 is 1.88 bits per heavy atom. The minimum Gasteiger partial charge on any atom is -0.497 e. The average molecular weight is 437 g/mol. The molecule has 0 unspecified atom stereocenters. The van der Waals surface area contributed by atoms with Crippen molar-refractivity contribution in [3.63, 3.8) is 0 Å². The molecule has 7 nitrogen and oxygen atoms in total. The maximum atomic E-state index is 12.7. The molecule has 142 valence electrons. The number of hydrogen-bond acceptors (Lipinski definition) is 6. The Labute approximate surface area is 161 Å². The molecule has 0 saturated carbocycles. The standard InChI is InChI=1S/C15H17ClN2O5S3/c1-23-12-2-4-13(5-3-12)25(19,20)17-8-10-18(11-9-17)26(21,22)15-7-6-14(16)24-15/h2-7H,8-11H2,1H3. The van der Waals surface area contributed by atoms with Crippen LogP contribution in [0.4, 0.5) is 0 Å². The molecule has 1 saturated heterocycles. The highest BCUT2D eigenvalue weighted by Gasteiger charge is 2.34. The van der Waals surface area contributed by atoms with Gasteiger partial charge in [-0.1, -0.05) is 11.6 Å². The van der Waals surface area contributed by atoms with Crippen LogP contribution in [0, 0.1) is 0 Å². The second-order valence-corrected chi connectivity index (χ2v) is 11.4. The van der Waals surface area contributed by atoms with Crippen molar-refractivity contribution in [1.29, 1.82) is 0 Å². The van der Waals surface area contributed by atoms with Gasteiger partial charge >= 0.3 is 0 Å². The van der Waals surface area contributed by atoms with Crippen LogP contribution >= 0.6 is 22.9 Å². The molecule has 0 spiro atoms. The normalized spacial score (nSPS) is 17.3. The second kappa shape index (κ2) is 7.45. The number of benzene rings is 1. The number of nitrogens with zero attached hydrogens (tertiary/aromatic N) is 2. The summed E-state index contributed by atoms with van der Waals surface area (Å²) in [6.07, 6.45) is 0. The first kappa shape index (κ1) is 19.6. The molecule has 1 aliphatic rings. The molecule has 0 N–H and O–H groups in total. The maximum absolute atomic E-state index is 12.7. The van der Waals surface area contributed by atoms with E-state index in [1.807, 2.05) is 0 Å². The highest BCUT2D eigenvalue weighted by molar-refractivity contribution is 7.91. The maximum Gasteiger partial charge on any atom is 0.252 e. The van der Waals surface area contributed by atoms with Crippen molar-refractivity contribution in [2.45, 2.75) is 9.10 Å². The number of sulfonamides is 2. The largest absolute Gasteiger partial charge is 0.497 e. The summed E-state index contributed by atoms with van der Waals surface area (Å²) in [6.45, 7) is 0.361. The van der Waals surface area contributed by atoms with E-state index >= 15 is 0 Å². The van der Waals surface area contributed by atoms with Gasteiger partial charge in [-0.15, -0.1) is 11.3 Å². The molecule has 0 amide bonds. The van der Waals surface area contributed by atoms with Crippen molar-refractivity contribution in [1.82, 2.24) is 8.61 Å². The number of halogens is 1. The van der Waals surface area contributed by atoms with Gasteiger partial charge in [-0.2, -0.15) is 8.61 Å². The van der Waals surface area contributed by atoms with Crippen LogP contribution in [0.3, 0.4) is 0 Å². The van der Waals surface area contributed by atoms with E-state index in [0.29, 0.717) is 10.1 Å². The second-order valence-electron chi connectivity index (χ2n) is 5.54. The van der Waals surface area contributed by atoms with Gasteiger partial charge in [-0.25, -0.2) is 16.8 Å². The lowest BCUT2D eigenvalue weighted by Crippen LogP contribution is -2.50. The first-order valence-corrected chi connectivity index (χ1v) is 11.7. The van der Waals surface area contributed by atoms with Crippen molar-refractivity contribution in [2.24, 2.45) is 0 Å². The van der Waals surface area contributed by atoms with Crippen LogP contribution in [0.25, 0.3) is 0 Å². The van der Waals surface area contributed by atoms with Gasteiger partial charge in [0.25, 0.3) is 10.0 Å². The number of rotatable bonds is 5. The molecule has 1 aromatic heterocycles. The monoisotopic (exact) mass is 436 g/mol. The van der Waals surface area contributed by atoms with Crippen LogP contribution in [-0.4, -0.2) is 58.7 Å². The number of piperazine rings is 1. The zero-order chi connectivity index (χ0) is 18.9. The number of methoxy groups -OCH3 is 1. The molecule has 0 radical (unpaired) electrons. The molecule has 2 heterocycles. The van der Waals surface area contributed by atoms with Gasteiger partial charge < -0.3 is 4.74 Å². The van der Waals surface area contributed by atoms with Gasteiger partial charge in [0.05, 0.1) is 16.3 Å². The van der Waals surface area contributed by atoms with Gasteiger partial charge in [-0.05, 0) is 36.4 Å². The highest BCUT2D eigenvalue weighted by atomic mass is 35.5. The summed E-state index contributed by atoms with van der Waals surface area (Å²) in [5.41, 5.74) is 0. The van der Waals surface area contributed by atoms with Crippen LogP contribution in [0.5, 0.6) is 5.75 Å². The predicted octanol–water partition coefficient (Wildman–Crippen LogP) is 2.11. The van der Waals surface area contributed by atoms with E-state index in [1.165, 1.54) is 40.0 Å². The van der Waals surface area contributed by atoms with E-state index in [4.69, 9.17) is 16.3 Å². The van der Waals surface area contributed by atoms with Gasteiger partial charge in [0, 0.05) is 26.2 Å². The molecule has 2 aromatic rings. The first-order valence-electron chi connectivity index (χ1n) is 7.65. The quantitative estimate of drug-likeness (QED) is 0.716. The first-order chi connectivity index (χ1) is 12.2. The molecule has 0 bridgehead atoms. The number of hydrogen-bond donors (Lipinski definition) is 0. The lowest BCUT2D eigenvalue weighted by molar-refractivity contribution is 0.273. The van der Waals surface area contributed by atoms with E-state index in [-0.39, 0.29) is 35.3 Å². The smallest absolute Gasteiger partial charge is 0.252 e. The van der Waals surface area contributed by atoms with Crippen LogP contribution < -0.4 is 4.74 Å². The number of ether oxygens (including phenoxy) is 1. The van der Waals surface area contributed by atoms with Crippen molar-refractivity contribution in [2.75, 3.05) is 33.3 Å². The summed E-state index contributed by atoms with van der Waals surface area (Å²) < 4.78 is 58.8. The zero-order valence-electron chi connectivity index (χ0n) is 13.8. The zero-order valence-corrected chi connectivity index (χ0v) is 17.0. The van der Waals surface area contributed by atoms with Gasteiger partial charge in [0.15, 0.2) is 0 Å². The van der Waals surface area contributed by atoms with E-state index in [1.54, 1.807) is 12.1 Å². The van der Waals surface area contributed by atoms with Crippen LogP contribution in [0.2, 0.25) is 4.34 Å². The molecule has 11 heteroatoms. The average Bonchev–Trinajstić information content (AvgIpc) is 3.09. The fraction of sp³-hybridized carbons (Fsp3) is 0.333. The van der Waals surface area contributed by atoms with Crippen LogP contribution in [-0.2, 0) is 20.0 Å². The molecule has 0 atom stereocenters. The van der Waals surface area contributed by atoms with E-state index < -0.39 is 20.0 Å². The van der Waals surface area contributed by atoms with E-state index in [2.05, 4.69) is 0 Å². The van der Waals surface area contributed by atoms with Gasteiger partial charge in [0.2, 0.25) is 10.0 Å². The third kappa shape index (κ3) is 3.75. The van der Waals surface area contributed by atoms with Gasteiger partial charge in [0.1, 0.15) is 9.96 Å². The molecule has 1 aliphatic heterocycles. The van der Waals surface area contributed by atoms with Crippen molar-refractivity contribution in [3.05, 3.63) is 40.7 Å². The van der Waals surface area contributed by atoms with Gasteiger partial charge in [-0.3, -0.25) is 0 Å². The fourth-order valence-electron chi connectivity index (χ4n) is 2.61. The minimum atomic E-state index is -3.68. The Morgan fingerprint density at radius 2 is 1.42 bits per heavy atom. The van der Waals surface area contributed by atoms with E-state index in [9.17, 15) is 16.8 Å². The lowest BCUT2D eigenvalue weighted by Gasteiger charge is -2.32. The SMILES string of the molecule is COc1ccc(S(=O)(=O)N2CCN(S(=O)(=O)c3ccc(Cl)s3)CC2)cc1. The summed E-state index contributed by atoms with van der Waals surface area (Å²) in [5, 5.41) is 0. The van der Waals surface area contributed by atoms with Crippen LogP contribution in [0.1, 0.15) is 0 Å². The molecule has 0 aliphatic carbocycles. The van der Waals surface area contributed by atoms with Crippen molar-refractivity contribution < 1.29 is 21.6 Å². The molecular formula is C15H17ClN2O5S3. The summed E-state index contributed by atoms with van der Waals surface area (Å²) in [7, 11) is -5.83. The molecule has 1 fully saturated rings. The van der Waals surface area contributed by atoms with Crippen LogP contribution in [0.15, 0.2) is 45.5 Å². The molecule has 1 aromatic carbocycles. The Balaban J connectivity index is 1.73. The Morgan fingerprint density at radius 1 is 0.885 bits per heavy atom.